The number of nitrogens with two attached hydrogens (primary N) is 1. The highest BCUT2D eigenvalue weighted by Crippen LogP contribution is 2.39. The van der Waals surface area contributed by atoms with Crippen LogP contribution in [0.5, 0.6) is 23.0 Å². The predicted molar refractivity (Wildman–Crippen MR) is 256 cm³/mol. The van der Waals surface area contributed by atoms with Crippen LogP contribution in [-0.4, -0.2) is 104 Å². The average Bonchev–Trinajstić information content (AvgIpc) is 3.92. The fourth-order valence-corrected chi connectivity index (χ4v) is 5.71. The van der Waals surface area contributed by atoms with Gasteiger partial charge < -0.3 is 50.1 Å². The molecule has 0 saturated carbocycles. The maximum Gasteiger partial charge on any atom is 0.407 e. The molecule has 4 heterocycles. The van der Waals surface area contributed by atoms with Gasteiger partial charge in [-0.3, -0.25) is 15.2 Å². The number of hydrogen-bond acceptors (Lipinski definition) is 16. The number of amides is 2. The van der Waals surface area contributed by atoms with Crippen LogP contribution in [0, 0.1) is 6.92 Å². The Labute approximate surface area is 399 Å². The van der Waals surface area contributed by atoms with Gasteiger partial charge in [0.2, 0.25) is 0 Å². The second-order valence-corrected chi connectivity index (χ2v) is 16.9. The van der Waals surface area contributed by atoms with Crippen LogP contribution in [0.3, 0.4) is 0 Å². The van der Waals surface area contributed by atoms with Gasteiger partial charge >= 0.3 is 12.2 Å². The second kappa shape index (κ2) is 25.6. The highest BCUT2D eigenvalue weighted by molar-refractivity contribution is 6.30. The van der Waals surface area contributed by atoms with Crippen LogP contribution < -0.4 is 40.6 Å². The first kappa shape index (κ1) is 52.6. The molecule has 0 saturated heterocycles. The number of aromatic amines is 2. The van der Waals surface area contributed by atoms with Gasteiger partial charge in [0.05, 0.1) is 80.4 Å². The van der Waals surface area contributed by atoms with Gasteiger partial charge in [-0.1, -0.05) is 35.3 Å². The Morgan fingerprint density at radius 3 is 1.54 bits per heavy atom. The number of methoxy groups -OCH3 is 2. The van der Waals surface area contributed by atoms with Crippen LogP contribution in [0.2, 0.25) is 10.3 Å². The summed E-state index contributed by atoms with van der Waals surface area (Å²) in [5.41, 5.74) is 8.41. The molecule has 67 heavy (non-hydrogen) atoms. The largest absolute Gasteiger partial charge is 0.496 e. The Morgan fingerprint density at radius 1 is 0.642 bits per heavy atom. The van der Waals surface area contributed by atoms with Gasteiger partial charge in [0, 0.05) is 25.2 Å². The third-order valence-electron chi connectivity index (χ3n) is 8.25. The molecule has 0 atom stereocenters. The molecule has 0 fully saturated rings. The van der Waals surface area contributed by atoms with Gasteiger partial charge in [-0.25, -0.2) is 24.5 Å². The molecule has 0 aliphatic carbocycles. The Hall–Kier alpha value is -7.06. The lowest BCUT2D eigenvalue weighted by Crippen LogP contribution is -2.33. The van der Waals surface area contributed by atoms with E-state index in [1.165, 1.54) is 12.4 Å². The topological polar surface area (TPSA) is 261 Å². The smallest absolute Gasteiger partial charge is 0.407 e. The molecular weight excluding hydrogens is 907 g/mol. The summed E-state index contributed by atoms with van der Waals surface area (Å²) in [5.74, 6) is 4.14. The van der Waals surface area contributed by atoms with E-state index in [2.05, 4.69) is 56.3 Å². The van der Waals surface area contributed by atoms with Crippen molar-refractivity contribution in [2.75, 3.05) is 51.6 Å². The number of alkyl carbamates (subject to hydrolysis) is 2. The van der Waals surface area contributed by atoms with Gasteiger partial charge in [0.15, 0.2) is 5.82 Å². The molecule has 6 rings (SSSR count). The van der Waals surface area contributed by atoms with Gasteiger partial charge in [-0.05, 0) is 85.6 Å². The zero-order valence-corrected chi connectivity index (χ0v) is 40.5. The number of benzene rings is 2. The Bertz CT molecular complexity index is 2440. The molecule has 20 nitrogen and oxygen atoms in total. The second-order valence-electron chi connectivity index (χ2n) is 16.1. The number of halogens is 2. The molecule has 0 unspecified atom stereocenters. The third-order valence-corrected chi connectivity index (χ3v) is 8.64. The molecule has 0 bridgehead atoms. The van der Waals surface area contributed by atoms with E-state index in [1.54, 1.807) is 32.7 Å². The third kappa shape index (κ3) is 18.8. The van der Waals surface area contributed by atoms with Crippen LogP contribution in [0.1, 0.15) is 60.1 Å². The van der Waals surface area contributed by atoms with E-state index in [-0.39, 0.29) is 0 Å². The number of hydrogen-bond donors (Lipinski definition) is 6. The molecule has 2 aromatic carbocycles. The number of aryl methyl sites for hydroxylation is 1. The molecule has 6 aromatic rings. The number of H-pyrrole nitrogens is 2. The highest BCUT2D eigenvalue weighted by atomic mass is 35.5. The van der Waals surface area contributed by atoms with Crippen LogP contribution in [0.4, 0.5) is 27.0 Å². The van der Waals surface area contributed by atoms with Crippen molar-refractivity contribution in [2.45, 2.75) is 72.5 Å². The summed E-state index contributed by atoms with van der Waals surface area (Å²) < 4.78 is 33.2. The fraction of sp³-hybridized carbons (Fsp3) is 0.378. The highest BCUT2D eigenvalue weighted by Gasteiger charge is 2.19. The molecule has 0 spiro atoms. The number of aromatic nitrogens is 8. The zero-order valence-electron chi connectivity index (χ0n) is 39.0. The first-order chi connectivity index (χ1) is 31.8. The van der Waals surface area contributed by atoms with Crippen molar-refractivity contribution in [3.8, 4) is 45.5 Å². The maximum absolute atomic E-state index is 11.7. The summed E-state index contributed by atoms with van der Waals surface area (Å²) in [6.07, 6.45) is 6.46. The summed E-state index contributed by atoms with van der Waals surface area (Å²) in [6, 6.07) is 14.7. The number of nitrogen functional groups attached to an aromatic ring is 1. The van der Waals surface area contributed by atoms with E-state index in [0.29, 0.717) is 95.6 Å². The lowest BCUT2D eigenvalue weighted by Gasteiger charge is -2.19. The Balaban J connectivity index is 0.000000255. The number of ether oxygens (including phenoxy) is 6. The lowest BCUT2D eigenvalue weighted by atomic mass is 10.1. The summed E-state index contributed by atoms with van der Waals surface area (Å²) in [5, 5.41) is 23.4. The number of nitrogens with zero attached hydrogens (tertiary/aromatic N) is 6. The van der Waals surface area contributed by atoms with E-state index in [9.17, 15) is 9.59 Å². The standard InChI is InChI=1S/C23H30N6O4.C18H26N4O4.C4H2Cl2N2/c1-15-13-26-20(14-25-15)27-19-12-16(28-29-19)21-17(31-5)8-6-9-18(21)32-11-7-10-24-22(30)33-23(2,3)4;1-18(2,3)26-17(23)20-9-6-10-25-14-8-5-7-13(24-4)16(14)12-11-15(19)22-21-12;5-3-1-7-4(6)2-8-3/h6,8-9,12-14H,7,10-11H2,1-5H3,(H,24,30)(H2,26,27,28,29);5,7-8,11H,6,9-10H2,1-4H3,(H,20,23)(H3,19,21,22);1-2H. The zero-order chi connectivity index (χ0) is 49.0. The van der Waals surface area contributed by atoms with Crippen LogP contribution in [-0.2, 0) is 9.47 Å². The van der Waals surface area contributed by atoms with Crippen molar-refractivity contribution < 1.29 is 38.0 Å². The van der Waals surface area contributed by atoms with Crippen LogP contribution in [0.15, 0.2) is 73.3 Å². The molecule has 4 aromatic heterocycles. The summed E-state index contributed by atoms with van der Waals surface area (Å²) in [6.45, 7) is 14.5. The number of nitrogens with one attached hydrogen (secondary N) is 5. The minimum absolute atomic E-state index is 0.356. The van der Waals surface area contributed by atoms with E-state index in [1.807, 2.05) is 90.9 Å². The van der Waals surface area contributed by atoms with E-state index in [4.69, 9.17) is 57.4 Å². The number of carbonyl (C=O) groups excluding carboxylic acids is 2. The van der Waals surface area contributed by atoms with Crippen molar-refractivity contribution in [2.24, 2.45) is 0 Å². The molecule has 2 amide bonds. The summed E-state index contributed by atoms with van der Waals surface area (Å²) in [4.78, 5) is 39.2. The molecule has 0 radical (unpaired) electrons. The van der Waals surface area contributed by atoms with Crippen LogP contribution >= 0.6 is 23.2 Å². The number of rotatable bonds is 16. The first-order valence-electron chi connectivity index (χ1n) is 20.9. The van der Waals surface area contributed by atoms with Gasteiger partial charge in [-0.2, -0.15) is 10.2 Å². The van der Waals surface area contributed by atoms with Gasteiger partial charge in [0.1, 0.15) is 56.1 Å². The van der Waals surface area contributed by atoms with Crippen molar-refractivity contribution in [1.29, 1.82) is 0 Å². The lowest BCUT2D eigenvalue weighted by molar-refractivity contribution is 0.0513. The predicted octanol–water partition coefficient (Wildman–Crippen LogP) is 8.97. The molecule has 360 valence electrons. The SMILES string of the molecule is COc1cccc(OCCCNC(=O)OC(C)(C)C)c1-c1cc(N)n[nH]1.COc1cccc(OCCCNC(=O)OC(C)(C)C)c1-c1cc(Nc2cnc(C)cn2)n[nH]1.Clc1cnc(Cl)cn1. The first-order valence-corrected chi connectivity index (χ1v) is 21.7. The molecule has 0 aliphatic heterocycles. The van der Waals surface area contributed by atoms with E-state index >= 15 is 0 Å². The molecule has 22 heteroatoms. The summed E-state index contributed by atoms with van der Waals surface area (Å²) >= 11 is 10.8. The molecule has 0 aliphatic rings. The average molecular weight is 966 g/mol. The molecular formula is C45H58Cl2N12O8. The van der Waals surface area contributed by atoms with Crippen molar-refractivity contribution in [3.05, 3.63) is 89.3 Å². The Kier molecular flexibility index (Phi) is 20.1. The van der Waals surface area contributed by atoms with Gasteiger partial charge in [-0.15, -0.1) is 0 Å². The van der Waals surface area contributed by atoms with E-state index in [0.717, 1.165) is 22.5 Å². The van der Waals surface area contributed by atoms with Crippen molar-refractivity contribution in [1.82, 2.24) is 51.0 Å². The fourth-order valence-electron chi connectivity index (χ4n) is 5.52. The molecule has 7 N–H and O–H groups in total. The monoisotopic (exact) mass is 964 g/mol. The normalized spacial score (nSPS) is 10.9. The Morgan fingerprint density at radius 2 is 1.12 bits per heavy atom. The maximum atomic E-state index is 11.7. The van der Waals surface area contributed by atoms with Crippen molar-refractivity contribution >= 4 is 52.8 Å². The summed E-state index contributed by atoms with van der Waals surface area (Å²) in [7, 11) is 3.19. The van der Waals surface area contributed by atoms with Crippen molar-refractivity contribution in [3.63, 3.8) is 0 Å². The van der Waals surface area contributed by atoms with E-state index < -0.39 is 23.4 Å². The minimum atomic E-state index is -0.528. The number of carbonyl (C=O) groups is 2. The minimum Gasteiger partial charge on any atom is -0.496 e. The number of anilines is 3. The quantitative estimate of drug-likeness (QED) is 0.0494. The van der Waals surface area contributed by atoms with Crippen LogP contribution in [0.25, 0.3) is 22.5 Å². The van der Waals surface area contributed by atoms with Gasteiger partial charge in [0.25, 0.3) is 0 Å².